The van der Waals surface area contributed by atoms with Crippen LogP contribution in [0.4, 0.5) is 5.69 Å². The number of halogens is 1. The zero-order valence-corrected chi connectivity index (χ0v) is 12.2. The minimum absolute atomic E-state index is 0.0686. The lowest BCUT2D eigenvalue weighted by Gasteiger charge is -2.06. The minimum atomic E-state index is -0.461. The number of amides is 1. The highest BCUT2D eigenvalue weighted by Gasteiger charge is 2.08. The van der Waals surface area contributed by atoms with E-state index in [9.17, 15) is 9.59 Å². The molecule has 0 radical (unpaired) electrons. The first-order valence-corrected chi connectivity index (χ1v) is 6.84. The van der Waals surface area contributed by atoms with Gasteiger partial charge in [0.2, 0.25) is 5.91 Å². The summed E-state index contributed by atoms with van der Waals surface area (Å²) >= 11 is 5.76. The van der Waals surface area contributed by atoms with Crippen molar-refractivity contribution in [2.45, 2.75) is 13.3 Å². The maximum atomic E-state index is 11.9. The molecule has 0 saturated heterocycles. The van der Waals surface area contributed by atoms with Crippen LogP contribution in [0.1, 0.15) is 23.7 Å². The number of nitrogens with one attached hydrogen (secondary N) is 1. The summed E-state index contributed by atoms with van der Waals surface area (Å²) in [4.78, 5) is 23.1. The summed E-state index contributed by atoms with van der Waals surface area (Å²) in [5.74, 6) is -0.123. The van der Waals surface area contributed by atoms with Crippen LogP contribution in [-0.4, -0.2) is 11.9 Å². The number of benzene rings is 2. The van der Waals surface area contributed by atoms with E-state index in [0.29, 0.717) is 28.4 Å². The second-order valence-corrected chi connectivity index (χ2v) is 4.76. The zero-order chi connectivity index (χ0) is 15.2. The van der Waals surface area contributed by atoms with Gasteiger partial charge >= 0.3 is 5.97 Å². The van der Waals surface area contributed by atoms with Gasteiger partial charge in [0.25, 0.3) is 0 Å². The van der Waals surface area contributed by atoms with Crippen LogP contribution < -0.4 is 10.1 Å². The summed E-state index contributed by atoms with van der Waals surface area (Å²) in [7, 11) is 0. The molecule has 0 spiro atoms. The Hall–Kier alpha value is -2.33. The van der Waals surface area contributed by atoms with E-state index in [1.807, 2.05) is 0 Å². The first-order valence-electron chi connectivity index (χ1n) is 6.46. The molecule has 0 atom stereocenters. The Morgan fingerprint density at radius 2 is 1.67 bits per heavy atom. The summed E-state index contributed by atoms with van der Waals surface area (Å²) < 4.78 is 5.23. The SMILES string of the molecule is CCC(=O)Nc1ccc(OC(=O)c2ccc(Cl)cc2)cc1. The van der Waals surface area contributed by atoms with E-state index in [4.69, 9.17) is 16.3 Å². The number of anilines is 1. The van der Waals surface area contributed by atoms with Gasteiger partial charge in [0.05, 0.1) is 5.56 Å². The normalized spacial score (nSPS) is 10.0. The Labute approximate surface area is 127 Å². The number of carbonyl (C=O) groups excluding carboxylic acids is 2. The average Bonchev–Trinajstić information content (AvgIpc) is 2.49. The van der Waals surface area contributed by atoms with Crippen molar-refractivity contribution in [3.8, 4) is 5.75 Å². The Kier molecular flexibility index (Phi) is 4.95. The fraction of sp³-hybridized carbons (Fsp3) is 0.125. The number of ether oxygens (including phenoxy) is 1. The van der Waals surface area contributed by atoms with Gasteiger partial charge < -0.3 is 10.1 Å². The molecule has 5 heteroatoms. The van der Waals surface area contributed by atoms with Gasteiger partial charge in [-0.1, -0.05) is 18.5 Å². The maximum Gasteiger partial charge on any atom is 0.343 e. The molecule has 0 aliphatic carbocycles. The predicted octanol–water partition coefficient (Wildman–Crippen LogP) is 3.91. The third-order valence-corrected chi connectivity index (χ3v) is 3.00. The quantitative estimate of drug-likeness (QED) is 0.688. The fourth-order valence-corrected chi connectivity index (χ4v) is 1.73. The zero-order valence-electron chi connectivity index (χ0n) is 11.4. The molecule has 0 fully saturated rings. The lowest BCUT2D eigenvalue weighted by atomic mass is 10.2. The van der Waals surface area contributed by atoms with E-state index < -0.39 is 5.97 Å². The van der Waals surface area contributed by atoms with Gasteiger partial charge in [-0.25, -0.2) is 4.79 Å². The molecule has 0 unspecified atom stereocenters. The Morgan fingerprint density at radius 3 is 2.24 bits per heavy atom. The first kappa shape index (κ1) is 15.1. The van der Waals surface area contributed by atoms with E-state index in [0.717, 1.165) is 0 Å². The molecule has 0 aromatic heterocycles. The number of hydrogen-bond donors (Lipinski definition) is 1. The Balaban J connectivity index is 2.01. The molecule has 2 aromatic carbocycles. The summed E-state index contributed by atoms with van der Waals surface area (Å²) in [6, 6.07) is 13.1. The van der Waals surface area contributed by atoms with Crippen LogP contribution in [-0.2, 0) is 4.79 Å². The van der Waals surface area contributed by atoms with Crippen molar-refractivity contribution in [1.82, 2.24) is 0 Å². The van der Waals surface area contributed by atoms with Crippen molar-refractivity contribution < 1.29 is 14.3 Å². The summed E-state index contributed by atoms with van der Waals surface area (Å²) in [5.41, 5.74) is 1.08. The molecule has 0 heterocycles. The number of carbonyl (C=O) groups is 2. The van der Waals surface area contributed by atoms with Gasteiger partial charge in [0.15, 0.2) is 0 Å². The topological polar surface area (TPSA) is 55.4 Å². The molecule has 21 heavy (non-hydrogen) atoms. The number of rotatable bonds is 4. The molecular weight excluding hydrogens is 290 g/mol. The summed E-state index contributed by atoms with van der Waals surface area (Å²) in [5, 5.41) is 3.27. The third kappa shape index (κ3) is 4.33. The number of esters is 1. The highest BCUT2D eigenvalue weighted by molar-refractivity contribution is 6.30. The van der Waals surface area contributed by atoms with Gasteiger partial charge in [-0.05, 0) is 48.5 Å². The van der Waals surface area contributed by atoms with E-state index in [-0.39, 0.29) is 5.91 Å². The Bertz CT molecular complexity index is 636. The van der Waals surface area contributed by atoms with Crippen molar-refractivity contribution in [2.24, 2.45) is 0 Å². The summed E-state index contributed by atoms with van der Waals surface area (Å²) in [6.07, 6.45) is 0.410. The Morgan fingerprint density at radius 1 is 1.05 bits per heavy atom. The maximum absolute atomic E-state index is 11.9. The standard InChI is InChI=1S/C16H14ClNO3/c1-2-15(19)18-13-7-9-14(10-8-13)21-16(20)11-3-5-12(17)6-4-11/h3-10H,2H2,1H3,(H,18,19). The fourth-order valence-electron chi connectivity index (χ4n) is 1.61. The van der Waals surface area contributed by atoms with Gasteiger partial charge in [0.1, 0.15) is 5.75 Å². The molecule has 1 amide bonds. The largest absolute Gasteiger partial charge is 0.423 e. The van der Waals surface area contributed by atoms with Gasteiger partial charge in [-0.15, -0.1) is 0 Å². The second kappa shape index (κ2) is 6.90. The molecule has 1 N–H and O–H groups in total. The predicted molar refractivity (Wildman–Crippen MR) is 81.8 cm³/mol. The van der Waals surface area contributed by atoms with Crippen LogP contribution in [0.3, 0.4) is 0 Å². The lowest BCUT2D eigenvalue weighted by Crippen LogP contribution is -2.10. The van der Waals surface area contributed by atoms with E-state index >= 15 is 0 Å². The molecule has 0 saturated carbocycles. The highest BCUT2D eigenvalue weighted by Crippen LogP contribution is 2.18. The van der Waals surface area contributed by atoms with Crippen LogP contribution >= 0.6 is 11.6 Å². The molecule has 0 aliphatic heterocycles. The van der Waals surface area contributed by atoms with Crippen LogP contribution in [0, 0.1) is 0 Å². The monoisotopic (exact) mass is 303 g/mol. The van der Waals surface area contributed by atoms with Gasteiger partial charge in [-0.3, -0.25) is 4.79 Å². The molecule has 4 nitrogen and oxygen atoms in total. The van der Waals surface area contributed by atoms with E-state index in [1.165, 1.54) is 0 Å². The van der Waals surface area contributed by atoms with Gasteiger partial charge in [-0.2, -0.15) is 0 Å². The van der Waals surface area contributed by atoms with Crippen LogP contribution in [0.2, 0.25) is 5.02 Å². The van der Waals surface area contributed by atoms with Crippen molar-refractivity contribution in [3.05, 3.63) is 59.1 Å². The molecule has 108 valence electrons. The van der Waals surface area contributed by atoms with Crippen LogP contribution in [0.15, 0.2) is 48.5 Å². The van der Waals surface area contributed by atoms with E-state index in [2.05, 4.69) is 5.32 Å². The highest BCUT2D eigenvalue weighted by atomic mass is 35.5. The van der Waals surface area contributed by atoms with Crippen LogP contribution in [0.25, 0.3) is 0 Å². The minimum Gasteiger partial charge on any atom is -0.423 e. The lowest BCUT2D eigenvalue weighted by molar-refractivity contribution is -0.115. The van der Waals surface area contributed by atoms with Crippen LogP contribution in [0.5, 0.6) is 5.75 Å². The van der Waals surface area contributed by atoms with Crippen molar-refractivity contribution in [1.29, 1.82) is 0 Å². The second-order valence-electron chi connectivity index (χ2n) is 4.32. The molecular formula is C16H14ClNO3. The molecule has 0 bridgehead atoms. The summed E-state index contributed by atoms with van der Waals surface area (Å²) in [6.45, 7) is 1.78. The first-order chi connectivity index (χ1) is 10.1. The average molecular weight is 304 g/mol. The van der Waals surface area contributed by atoms with E-state index in [1.54, 1.807) is 55.5 Å². The number of hydrogen-bond acceptors (Lipinski definition) is 3. The molecule has 2 rings (SSSR count). The van der Waals surface area contributed by atoms with Crippen molar-refractivity contribution in [2.75, 3.05) is 5.32 Å². The van der Waals surface area contributed by atoms with Gasteiger partial charge in [0, 0.05) is 17.1 Å². The molecule has 0 aliphatic rings. The van der Waals surface area contributed by atoms with Crippen molar-refractivity contribution in [3.63, 3.8) is 0 Å². The van der Waals surface area contributed by atoms with Crippen molar-refractivity contribution >= 4 is 29.2 Å². The smallest absolute Gasteiger partial charge is 0.343 e. The molecule has 2 aromatic rings. The third-order valence-electron chi connectivity index (χ3n) is 2.75.